The predicted octanol–water partition coefficient (Wildman–Crippen LogP) is 3.47. The number of terminal acetylenes is 1. The van der Waals surface area contributed by atoms with E-state index >= 15 is 0 Å². The lowest BCUT2D eigenvalue weighted by molar-refractivity contribution is -0.134. The number of primary amides is 1. The standard InChI is InChI=1S/C27H29N3O3.C2H2.CH3NO/c1-4-17-29(20(2)31)19-24-11-9-22(10-12-24)7-8-23-13-15-25(16-14-23)28-27(33)26-6-5-18-30(26)21(3)32;1-2;2-1-3/h4-16,26H,1,17-19H2,2-3H3,(H,28,33);1-2H;1H,(H2,2,3)/b8-7+;;/t26-;;/m0../s1. The van der Waals surface area contributed by atoms with Crippen molar-refractivity contribution in [3.05, 3.63) is 90.0 Å². The van der Waals surface area contributed by atoms with Crippen LogP contribution < -0.4 is 11.1 Å². The summed E-state index contributed by atoms with van der Waals surface area (Å²) in [6.45, 7) is 8.26. The zero-order valence-electron chi connectivity index (χ0n) is 21.7. The second-order valence-electron chi connectivity index (χ2n) is 8.05. The number of nitrogens with zero attached hydrogens (tertiary/aromatic N) is 2. The van der Waals surface area contributed by atoms with Crippen LogP contribution in [-0.2, 0) is 25.7 Å². The van der Waals surface area contributed by atoms with Crippen LogP contribution in [0.25, 0.3) is 12.2 Å². The number of rotatable bonds is 8. The number of anilines is 1. The maximum absolute atomic E-state index is 12.5. The number of hydrogen-bond donors (Lipinski definition) is 2. The van der Waals surface area contributed by atoms with E-state index < -0.39 is 6.04 Å². The topological polar surface area (TPSA) is 113 Å². The van der Waals surface area contributed by atoms with Crippen molar-refractivity contribution in [1.82, 2.24) is 9.80 Å². The average Bonchev–Trinajstić information content (AvgIpc) is 3.41. The van der Waals surface area contributed by atoms with Crippen molar-refractivity contribution >= 4 is 42.0 Å². The van der Waals surface area contributed by atoms with Gasteiger partial charge in [-0.3, -0.25) is 19.2 Å². The Kier molecular flexibility index (Phi) is 13.7. The van der Waals surface area contributed by atoms with Crippen LogP contribution in [0.3, 0.4) is 0 Å². The molecule has 0 bridgehead atoms. The van der Waals surface area contributed by atoms with Gasteiger partial charge in [0, 0.05) is 39.2 Å². The van der Waals surface area contributed by atoms with E-state index in [1.54, 1.807) is 24.0 Å². The largest absolute Gasteiger partial charge is 0.372 e. The Bertz CT molecular complexity index is 1160. The molecule has 3 N–H and O–H groups in total. The van der Waals surface area contributed by atoms with E-state index in [1.807, 2.05) is 66.8 Å². The molecule has 8 nitrogen and oxygen atoms in total. The van der Waals surface area contributed by atoms with E-state index in [4.69, 9.17) is 4.79 Å². The molecule has 0 spiro atoms. The summed E-state index contributed by atoms with van der Waals surface area (Å²) in [6, 6.07) is 15.0. The first kappa shape index (κ1) is 31.1. The van der Waals surface area contributed by atoms with E-state index in [-0.39, 0.29) is 24.1 Å². The van der Waals surface area contributed by atoms with E-state index in [2.05, 4.69) is 30.5 Å². The van der Waals surface area contributed by atoms with Crippen LogP contribution in [0.1, 0.15) is 30.5 Å². The van der Waals surface area contributed by atoms with Gasteiger partial charge in [0.2, 0.25) is 18.2 Å². The molecule has 0 fully saturated rings. The van der Waals surface area contributed by atoms with Gasteiger partial charge in [-0.2, -0.15) is 0 Å². The molecule has 8 heteroatoms. The van der Waals surface area contributed by atoms with Crippen LogP contribution in [0.15, 0.2) is 73.3 Å². The summed E-state index contributed by atoms with van der Waals surface area (Å²) in [7, 11) is 0. The van der Waals surface area contributed by atoms with Gasteiger partial charge in [-0.25, -0.2) is 0 Å². The van der Waals surface area contributed by atoms with Gasteiger partial charge < -0.3 is 20.9 Å². The molecule has 1 heterocycles. The van der Waals surface area contributed by atoms with Crippen molar-refractivity contribution in [2.75, 3.05) is 18.4 Å². The van der Waals surface area contributed by atoms with Gasteiger partial charge in [-0.15, -0.1) is 19.4 Å². The third kappa shape index (κ3) is 9.99. The molecule has 1 aliphatic heterocycles. The Balaban J connectivity index is 0.00000135. The minimum Gasteiger partial charge on any atom is -0.372 e. The highest BCUT2D eigenvalue weighted by Gasteiger charge is 2.28. The maximum Gasteiger partial charge on any atom is 0.251 e. The van der Waals surface area contributed by atoms with Crippen molar-refractivity contribution in [1.29, 1.82) is 0 Å². The Morgan fingerprint density at radius 2 is 1.58 bits per heavy atom. The molecule has 0 aliphatic carbocycles. The van der Waals surface area contributed by atoms with Crippen LogP contribution in [-0.4, -0.2) is 53.1 Å². The summed E-state index contributed by atoms with van der Waals surface area (Å²) in [5, 5.41) is 2.87. The number of carbonyl (C=O) groups is 4. The van der Waals surface area contributed by atoms with Crippen molar-refractivity contribution in [3.63, 3.8) is 0 Å². The van der Waals surface area contributed by atoms with Crippen molar-refractivity contribution in [2.24, 2.45) is 5.73 Å². The van der Waals surface area contributed by atoms with Crippen molar-refractivity contribution < 1.29 is 19.2 Å². The lowest BCUT2D eigenvalue weighted by Crippen LogP contribution is -2.42. The molecule has 1 atom stereocenters. The molecule has 4 amide bonds. The maximum atomic E-state index is 12.5. The fourth-order valence-corrected chi connectivity index (χ4v) is 3.58. The molecule has 198 valence electrons. The minimum absolute atomic E-state index is 0.0226. The summed E-state index contributed by atoms with van der Waals surface area (Å²) >= 11 is 0. The quantitative estimate of drug-likeness (QED) is 0.243. The molecule has 0 saturated carbocycles. The summed E-state index contributed by atoms with van der Waals surface area (Å²) in [6.07, 6.45) is 17.6. The number of benzene rings is 2. The summed E-state index contributed by atoms with van der Waals surface area (Å²) in [4.78, 5) is 47.7. The van der Waals surface area contributed by atoms with Crippen LogP contribution in [0.4, 0.5) is 5.69 Å². The van der Waals surface area contributed by atoms with Crippen LogP contribution in [0, 0.1) is 12.8 Å². The molecule has 0 aromatic heterocycles. The second kappa shape index (κ2) is 16.7. The Morgan fingerprint density at radius 3 is 2.05 bits per heavy atom. The molecule has 1 aliphatic rings. The Morgan fingerprint density at radius 1 is 1.05 bits per heavy atom. The highest BCUT2D eigenvalue weighted by atomic mass is 16.2. The van der Waals surface area contributed by atoms with E-state index in [0.29, 0.717) is 25.3 Å². The zero-order chi connectivity index (χ0) is 28.5. The van der Waals surface area contributed by atoms with E-state index in [1.165, 1.54) is 11.8 Å². The highest BCUT2D eigenvalue weighted by molar-refractivity contribution is 5.99. The van der Waals surface area contributed by atoms with Gasteiger partial charge in [-0.05, 0) is 28.8 Å². The lowest BCUT2D eigenvalue weighted by Gasteiger charge is -2.22. The third-order valence-electron chi connectivity index (χ3n) is 5.42. The molecular formula is C30H34N4O4. The Labute approximate surface area is 224 Å². The lowest BCUT2D eigenvalue weighted by atomic mass is 10.1. The number of nitrogens with one attached hydrogen (secondary N) is 1. The fraction of sp³-hybridized carbons (Fsp3) is 0.200. The van der Waals surface area contributed by atoms with Crippen molar-refractivity contribution in [3.8, 4) is 12.8 Å². The van der Waals surface area contributed by atoms with Gasteiger partial charge >= 0.3 is 0 Å². The first-order chi connectivity index (χ1) is 18.3. The summed E-state index contributed by atoms with van der Waals surface area (Å²) < 4.78 is 0. The molecule has 2 aromatic carbocycles. The predicted molar refractivity (Wildman–Crippen MR) is 152 cm³/mol. The van der Waals surface area contributed by atoms with Gasteiger partial charge in [-0.1, -0.05) is 66.8 Å². The molecule has 38 heavy (non-hydrogen) atoms. The molecule has 0 saturated heterocycles. The van der Waals surface area contributed by atoms with Gasteiger partial charge in [0.05, 0.1) is 0 Å². The smallest absolute Gasteiger partial charge is 0.251 e. The van der Waals surface area contributed by atoms with Crippen LogP contribution in [0.5, 0.6) is 0 Å². The first-order valence-electron chi connectivity index (χ1n) is 11.8. The molecular weight excluding hydrogens is 480 g/mol. The van der Waals surface area contributed by atoms with Crippen LogP contribution >= 0.6 is 0 Å². The number of carbonyl (C=O) groups excluding carboxylic acids is 4. The van der Waals surface area contributed by atoms with E-state index in [0.717, 1.165) is 16.7 Å². The molecule has 3 rings (SSSR count). The summed E-state index contributed by atoms with van der Waals surface area (Å²) in [5.41, 5.74) is 7.95. The fourth-order valence-electron chi connectivity index (χ4n) is 3.58. The second-order valence-corrected chi connectivity index (χ2v) is 8.05. The van der Waals surface area contributed by atoms with E-state index in [9.17, 15) is 14.4 Å². The molecule has 0 radical (unpaired) electrons. The van der Waals surface area contributed by atoms with Gasteiger partial charge in [0.1, 0.15) is 6.04 Å². The Hall–Kier alpha value is -4.90. The number of nitrogens with two attached hydrogens (primary N) is 1. The number of hydrogen-bond acceptors (Lipinski definition) is 4. The SMILES string of the molecule is C#C.C=CCN(Cc1ccc(/C=C/c2ccc(NC(=O)[C@@H]3C=CCN3C(C)=O)cc2)cc1)C(C)=O.NC=O. The zero-order valence-corrected chi connectivity index (χ0v) is 21.7. The normalized spacial score (nSPS) is 13.4. The molecule has 2 aromatic rings. The highest BCUT2D eigenvalue weighted by Crippen LogP contribution is 2.17. The van der Waals surface area contributed by atoms with Gasteiger partial charge in [0.15, 0.2) is 0 Å². The summed E-state index contributed by atoms with van der Waals surface area (Å²) in [5.74, 6) is -0.324. The average molecular weight is 515 g/mol. The third-order valence-corrected chi connectivity index (χ3v) is 5.42. The minimum atomic E-state index is -0.565. The first-order valence-corrected chi connectivity index (χ1v) is 11.8. The molecule has 0 unspecified atom stereocenters. The number of amides is 4. The van der Waals surface area contributed by atoms with Crippen molar-refractivity contribution in [2.45, 2.75) is 26.4 Å². The van der Waals surface area contributed by atoms with Gasteiger partial charge in [0.25, 0.3) is 5.91 Å². The monoisotopic (exact) mass is 514 g/mol. The van der Waals surface area contributed by atoms with Crippen LogP contribution in [0.2, 0.25) is 0 Å².